The van der Waals surface area contributed by atoms with Gasteiger partial charge in [0.2, 0.25) is 5.95 Å². The second kappa shape index (κ2) is 9.40. The van der Waals surface area contributed by atoms with E-state index < -0.39 is 0 Å². The van der Waals surface area contributed by atoms with Gasteiger partial charge in [0.15, 0.2) is 5.82 Å². The molecule has 0 fully saturated rings. The first kappa shape index (κ1) is 19.2. The molecule has 0 radical (unpaired) electrons. The summed E-state index contributed by atoms with van der Waals surface area (Å²) in [5, 5.41) is 14.3. The fourth-order valence-electron chi connectivity index (χ4n) is 2.50. The number of anilines is 3. The average molecular weight is 381 g/mol. The van der Waals surface area contributed by atoms with Crippen molar-refractivity contribution in [2.24, 2.45) is 0 Å². The van der Waals surface area contributed by atoms with Gasteiger partial charge >= 0.3 is 0 Å². The van der Waals surface area contributed by atoms with Crippen molar-refractivity contribution in [2.75, 3.05) is 38.0 Å². The molecule has 2 N–H and O–H groups in total. The van der Waals surface area contributed by atoms with Crippen LogP contribution in [0.1, 0.15) is 5.56 Å². The molecule has 0 unspecified atom stereocenters. The molecule has 0 atom stereocenters. The maximum Gasteiger partial charge on any atom is 0.244 e. The molecule has 1 heterocycles. The third-order valence-corrected chi connectivity index (χ3v) is 3.89. The van der Waals surface area contributed by atoms with Gasteiger partial charge in [-0.05, 0) is 48.9 Å². The van der Waals surface area contributed by atoms with E-state index >= 15 is 0 Å². The van der Waals surface area contributed by atoms with E-state index in [1.165, 1.54) is 0 Å². The first-order chi connectivity index (χ1) is 13.7. The number of aromatic nitrogens is 3. The van der Waals surface area contributed by atoms with Crippen molar-refractivity contribution in [1.29, 1.82) is 0 Å². The molecule has 146 valence electrons. The maximum atomic E-state index is 5.67. The minimum Gasteiger partial charge on any atom is -0.497 e. The molecule has 0 spiro atoms. The van der Waals surface area contributed by atoms with Crippen molar-refractivity contribution in [3.8, 4) is 17.2 Å². The number of benzene rings is 2. The third kappa shape index (κ3) is 5.23. The topological polar surface area (TPSA) is 90.4 Å². The zero-order valence-electron chi connectivity index (χ0n) is 16.1. The highest BCUT2D eigenvalue weighted by molar-refractivity contribution is 5.65. The predicted octanol–water partition coefficient (Wildman–Crippen LogP) is 3.43. The number of methoxy groups -OCH3 is 2. The Kier molecular flexibility index (Phi) is 6.46. The Morgan fingerprint density at radius 3 is 2.50 bits per heavy atom. The maximum absolute atomic E-state index is 5.67. The van der Waals surface area contributed by atoms with Crippen LogP contribution in [0.3, 0.4) is 0 Å². The zero-order chi connectivity index (χ0) is 19.8. The summed E-state index contributed by atoms with van der Waals surface area (Å²) in [6.07, 6.45) is 1.56. The van der Waals surface area contributed by atoms with E-state index in [4.69, 9.17) is 14.2 Å². The smallest absolute Gasteiger partial charge is 0.244 e. The SMILES string of the molecule is COc1ccc(OCCNc2nncc(Nc3cc(C)ccc3OC)n2)cc1. The summed E-state index contributed by atoms with van der Waals surface area (Å²) in [5.41, 5.74) is 1.93. The first-order valence-electron chi connectivity index (χ1n) is 8.80. The second-order valence-electron chi connectivity index (χ2n) is 5.94. The van der Waals surface area contributed by atoms with Gasteiger partial charge in [-0.3, -0.25) is 0 Å². The molecule has 8 nitrogen and oxygen atoms in total. The number of hydrogen-bond acceptors (Lipinski definition) is 8. The van der Waals surface area contributed by atoms with Crippen LogP contribution in [0.5, 0.6) is 17.2 Å². The van der Waals surface area contributed by atoms with Crippen LogP contribution in [0.2, 0.25) is 0 Å². The molecule has 0 saturated carbocycles. The molecule has 28 heavy (non-hydrogen) atoms. The molecule has 0 saturated heterocycles. The minimum atomic E-state index is 0.412. The van der Waals surface area contributed by atoms with Gasteiger partial charge in [-0.2, -0.15) is 10.1 Å². The van der Waals surface area contributed by atoms with Crippen LogP contribution in [0.15, 0.2) is 48.7 Å². The van der Waals surface area contributed by atoms with Crippen LogP contribution in [0.4, 0.5) is 17.5 Å². The molecule has 2 aromatic carbocycles. The summed E-state index contributed by atoms with van der Waals surface area (Å²) in [7, 11) is 3.26. The highest BCUT2D eigenvalue weighted by Gasteiger charge is 2.06. The van der Waals surface area contributed by atoms with Crippen molar-refractivity contribution < 1.29 is 14.2 Å². The van der Waals surface area contributed by atoms with E-state index in [9.17, 15) is 0 Å². The van der Waals surface area contributed by atoms with E-state index in [1.54, 1.807) is 20.4 Å². The number of aryl methyl sites for hydroxylation is 1. The predicted molar refractivity (Wildman–Crippen MR) is 108 cm³/mol. The van der Waals surface area contributed by atoms with Crippen molar-refractivity contribution >= 4 is 17.5 Å². The van der Waals surface area contributed by atoms with Crippen molar-refractivity contribution in [2.45, 2.75) is 6.92 Å². The summed E-state index contributed by atoms with van der Waals surface area (Å²) < 4.78 is 16.2. The Hall–Kier alpha value is -3.55. The Labute approximate surface area is 163 Å². The van der Waals surface area contributed by atoms with Crippen LogP contribution in [-0.4, -0.2) is 42.6 Å². The second-order valence-corrected chi connectivity index (χ2v) is 5.94. The largest absolute Gasteiger partial charge is 0.497 e. The molecule has 8 heteroatoms. The first-order valence-corrected chi connectivity index (χ1v) is 8.80. The van der Waals surface area contributed by atoms with E-state index in [0.29, 0.717) is 24.9 Å². The molecular weight excluding hydrogens is 358 g/mol. The highest BCUT2D eigenvalue weighted by atomic mass is 16.5. The van der Waals surface area contributed by atoms with Gasteiger partial charge in [-0.25, -0.2) is 0 Å². The summed E-state index contributed by atoms with van der Waals surface area (Å²) in [5.74, 6) is 3.27. The van der Waals surface area contributed by atoms with Gasteiger partial charge in [0, 0.05) is 0 Å². The quantitative estimate of drug-likeness (QED) is 0.545. The fourth-order valence-corrected chi connectivity index (χ4v) is 2.50. The molecule has 0 amide bonds. The molecule has 3 rings (SSSR count). The van der Waals surface area contributed by atoms with Gasteiger partial charge in [-0.1, -0.05) is 6.07 Å². The number of nitrogens with zero attached hydrogens (tertiary/aromatic N) is 3. The van der Waals surface area contributed by atoms with Crippen LogP contribution >= 0.6 is 0 Å². The van der Waals surface area contributed by atoms with Crippen molar-refractivity contribution in [3.63, 3.8) is 0 Å². The Bertz CT molecular complexity index is 903. The summed E-state index contributed by atoms with van der Waals surface area (Å²) in [6, 6.07) is 13.3. The molecular formula is C20H23N5O3. The lowest BCUT2D eigenvalue weighted by molar-refractivity contribution is 0.331. The van der Waals surface area contributed by atoms with Crippen LogP contribution in [-0.2, 0) is 0 Å². The van der Waals surface area contributed by atoms with Gasteiger partial charge in [0.05, 0.1) is 32.6 Å². The van der Waals surface area contributed by atoms with Gasteiger partial charge in [0.25, 0.3) is 0 Å². The number of nitrogens with one attached hydrogen (secondary N) is 2. The normalized spacial score (nSPS) is 10.2. The monoisotopic (exact) mass is 381 g/mol. The third-order valence-electron chi connectivity index (χ3n) is 3.89. The zero-order valence-corrected chi connectivity index (χ0v) is 16.1. The van der Waals surface area contributed by atoms with E-state index in [1.807, 2.05) is 49.4 Å². The molecule has 0 aliphatic rings. The fraction of sp³-hybridized carbons (Fsp3) is 0.250. The summed E-state index contributed by atoms with van der Waals surface area (Å²) in [6.45, 7) is 3.00. The lowest BCUT2D eigenvalue weighted by Gasteiger charge is -2.12. The van der Waals surface area contributed by atoms with Gasteiger partial charge in [0.1, 0.15) is 23.9 Å². The molecule has 0 aliphatic heterocycles. The van der Waals surface area contributed by atoms with E-state index in [2.05, 4.69) is 25.8 Å². The van der Waals surface area contributed by atoms with Crippen LogP contribution in [0.25, 0.3) is 0 Å². The number of ether oxygens (including phenoxy) is 3. The lowest BCUT2D eigenvalue weighted by Crippen LogP contribution is -2.14. The van der Waals surface area contributed by atoms with E-state index in [0.717, 1.165) is 28.5 Å². The van der Waals surface area contributed by atoms with Crippen molar-refractivity contribution in [3.05, 3.63) is 54.2 Å². The average Bonchev–Trinajstić information content (AvgIpc) is 2.72. The standard InChI is InChI=1S/C20H23N5O3/c1-14-4-9-18(27-3)17(12-14)23-19-13-22-25-20(24-19)21-10-11-28-16-7-5-15(26-2)6-8-16/h4-9,12-13H,10-11H2,1-3H3,(H2,21,23,24,25). The Morgan fingerprint density at radius 2 is 1.75 bits per heavy atom. The van der Waals surface area contributed by atoms with Crippen molar-refractivity contribution in [1.82, 2.24) is 15.2 Å². The van der Waals surface area contributed by atoms with Gasteiger partial charge < -0.3 is 24.8 Å². The number of rotatable bonds is 9. The molecule has 3 aromatic rings. The van der Waals surface area contributed by atoms with Crippen LogP contribution < -0.4 is 24.8 Å². The van der Waals surface area contributed by atoms with Gasteiger partial charge in [-0.15, -0.1) is 5.10 Å². The lowest BCUT2D eigenvalue weighted by atomic mass is 10.2. The summed E-state index contributed by atoms with van der Waals surface area (Å²) in [4.78, 5) is 4.42. The molecule has 1 aromatic heterocycles. The Morgan fingerprint density at radius 1 is 0.964 bits per heavy atom. The number of hydrogen-bond donors (Lipinski definition) is 2. The highest BCUT2D eigenvalue weighted by Crippen LogP contribution is 2.27. The van der Waals surface area contributed by atoms with Crippen LogP contribution in [0, 0.1) is 6.92 Å². The summed E-state index contributed by atoms with van der Waals surface area (Å²) >= 11 is 0. The minimum absolute atomic E-state index is 0.412. The molecule has 0 bridgehead atoms. The van der Waals surface area contributed by atoms with E-state index in [-0.39, 0.29) is 0 Å². The molecule has 0 aliphatic carbocycles. The Balaban J connectivity index is 1.54.